The molecule has 208 valence electrons. The van der Waals surface area contributed by atoms with Crippen molar-refractivity contribution in [2.45, 2.75) is 91.5 Å². The van der Waals surface area contributed by atoms with E-state index < -0.39 is 54.2 Å². The Morgan fingerprint density at radius 2 is 1.68 bits per heavy atom. The van der Waals surface area contributed by atoms with Gasteiger partial charge in [-0.15, -0.1) is 0 Å². The summed E-state index contributed by atoms with van der Waals surface area (Å²) < 4.78 is 10.2. The quantitative estimate of drug-likeness (QED) is 0.340. The average Bonchev–Trinajstić information content (AvgIpc) is 2.84. The Labute approximate surface area is 220 Å². The first kappa shape index (κ1) is 31.9. The Morgan fingerprint density at radius 1 is 1.05 bits per heavy atom. The maximum Gasteiger partial charge on any atom is 0.408 e. The van der Waals surface area contributed by atoms with Crippen LogP contribution >= 0.6 is 0 Å². The molecule has 3 unspecified atom stereocenters. The summed E-state index contributed by atoms with van der Waals surface area (Å²) >= 11 is 0. The topological polar surface area (TPSA) is 134 Å². The number of ether oxygens (including phenoxy) is 2. The summed E-state index contributed by atoms with van der Waals surface area (Å²) in [7, 11) is 0. The van der Waals surface area contributed by atoms with Crippen LogP contribution in [0.3, 0.4) is 0 Å². The van der Waals surface area contributed by atoms with E-state index >= 15 is 0 Å². The van der Waals surface area contributed by atoms with E-state index in [0.717, 1.165) is 12.0 Å². The first-order valence-corrected chi connectivity index (χ1v) is 12.8. The molecule has 1 rings (SSSR count). The van der Waals surface area contributed by atoms with Crippen LogP contribution in [0.25, 0.3) is 0 Å². The molecule has 3 N–H and O–H groups in total. The number of aryl methyl sites for hydroxylation is 1. The van der Waals surface area contributed by atoms with Crippen molar-refractivity contribution in [3.05, 3.63) is 35.4 Å². The molecule has 0 bridgehead atoms. The van der Waals surface area contributed by atoms with Crippen LogP contribution in [0.15, 0.2) is 24.3 Å². The summed E-state index contributed by atoms with van der Waals surface area (Å²) in [6, 6.07) is 4.53. The minimum Gasteiger partial charge on any atom is -0.466 e. The number of amides is 3. The van der Waals surface area contributed by atoms with Crippen LogP contribution in [-0.4, -0.2) is 71.3 Å². The highest BCUT2D eigenvalue weighted by Gasteiger charge is 2.38. The molecule has 0 spiro atoms. The van der Waals surface area contributed by atoms with Crippen molar-refractivity contribution in [3.8, 4) is 0 Å². The second kappa shape index (κ2) is 15.2. The third kappa shape index (κ3) is 10.4. The van der Waals surface area contributed by atoms with E-state index in [4.69, 9.17) is 9.47 Å². The molecule has 0 saturated carbocycles. The van der Waals surface area contributed by atoms with Crippen LogP contribution in [0.5, 0.6) is 0 Å². The van der Waals surface area contributed by atoms with Gasteiger partial charge in [0.1, 0.15) is 17.7 Å². The molecule has 0 aliphatic carbocycles. The van der Waals surface area contributed by atoms with Gasteiger partial charge in [0.2, 0.25) is 11.8 Å². The van der Waals surface area contributed by atoms with Gasteiger partial charge in [-0.25, -0.2) is 4.79 Å². The van der Waals surface area contributed by atoms with E-state index in [0.29, 0.717) is 12.0 Å². The minimum absolute atomic E-state index is 0.0161. The molecule has 10 nitrogen and oxygen atoms in total. The van der Waals surface area contributed by atoms with Crippen molar-refractivity contribution in [1.82, 2.24) is 15.5 Å². The molecule has 3 atom stereocenters. The van der Waals surface area contributed by atoms with E-state index in [9.17, 15) is 24.3 Å². The molecular weight excluding hydrogens is 478 g/mol. The number of aliphatic hydroxyl groups is 1. The third-order valence-electron chi connectivity index (χ3n) is 5.66. The summed E-state index contributed by atoms with van der Waals surface area (Å²) in [6.45, 7) is 12.0. The highest BCUT2D eigenvalue weighted by Crippen LogP contribution is 2.26. The largest absolute Gasteiger partial charge is 0.466 e. The van der Waals surface area contributed by atoms with E-state index in [-0.39, 0.29) is 19.6 Å². The molecule has 1 aromatic rings. The Kier molecular flexibility index (Phi) is 13.1. The van der Waals surface area contributed by atoms with Gasteiger partial charge in [-0.05, 0) is 58.6 Å². The molecule has 37 heavy (non-hydrogen) atoms. The number of benzene rings is 1. The van der Waals surface area contributed by atoms with Crippen molar-refractivity contribution in [1.29, 1.82) is 0 Å². The Hall–Kier alpha value is -3.14. The lowest BCUT2D eigenvalue weighted by Crippen LogP contribution is -2.56. The number of hydrogen-bond acceptors (Lipinski definition) is 7. The minimum atomic E-state index is -1.33. The number of alkyl carbamates (subject to hydrolysis) is 1. The fourth-order valence-electron chi connectivity index (χ4n) is 3.60. The van der Waals surface area contributed by atoms with E-state index in [2.05, 4.69) is 10.6 Å². The van der Waals surface area contributed by atoms with Gasteiger partial charge in [-0.2, -0.15) is 0 Å². The SMILES string of the molecule is CCOC(=O)CCNC(=O)C(c1ccc(CC)cc1)N(C(=O)C(CO)NC(=O)OC(C)(C)C)C(C)CC. The van der Waals surface area contributed by atoms with Crippen LogP contribution in [0.1, 0.15) is 78.5 Å². The number of nitrogens with one attached hydrogen (secondary N) is 2. The monoisotopic (exact) mass is 521 g/mol. The number of esters is 1. The average molecular weight is 522 g/mol. The van der Waals surface area contributed by atoms with Gasteiger partial charge in [-0.1, -0.05) is 38.1 Å². The first-order chi connectivity index (χ1) is 17.4. The number of carbonyl (C=O) groups excluding carboxylic acids is 4. The molecular formula is C27H43N3O7. The highest BCUT2D eigenvalue weighted by molar-refractivity contribution is 5.92. The lowest BCUT2D eigenvalue weighted by molar-refractivity contribution is -0.146. The molecule has 3 amide bonds. The van der Waals surface area contributed by atoms with Crippen molar-refractivity contribution >= 4 is 23.9 Å². The predicted molar refractivity (Wildman–Crippen MR) is 140 cm³/mol. The normalized spacial score (nSPS) is 13.6. The van der Waals surface area contributed by atoms with E-state index in [1.54, 1.807) is 46.8 Å². The smallest absolute Gasteiger partial charge is 0.408 e. The van der Waals surface area contributed by atoms with Crippen molar-refractivity contribution in [2.75, 3.05) is 19.8 Å². The number of hydrogen-bond donors (Lipinski definition) is 3. The van der Waals surface area contributed by atoms with Gasteiger partial charge >= 0.3 is 12.1 Å². The van der Waals surface area contributed by atoms with Crippen molar-refractivity contribution in [2.24, 2.45) is 0 Å². The number of nitrogens with zero attached hydrogens (tertiary/aromatic N) is 1. The molecule has 1 aromatic carbocycles. The fourth-order valence-corrected chi connectivity index (χ4v) is 3.60. The van der Waals surface area contributed by atoms with Crippen LogP contribution < -0.4 is 10.6 Å². The third-order valence-corrected chi connectivity index (χ3v) is 5.66. The zero-order valence-electron chi connectivity index (χ0n) is 23.1. The molecule has 0 heterocycles. The summed E-state index contributed by atoms with van der Waals surface area (Å²) in [5.74, 6) is -1.56. The van der Waals surface area contributed by atoms with Crippen LogP contribution in [0, 0.1) is 0 Å². The number of rotatable bonds is 13. The van der Waals surface area contributed by atoms with Gasteiger partial charge in [0.05, 0.1) is 19.6 Å². The highest BCUT2D eigenvalue weighted by atomic mass is 16.6. The van der Waals surface area contributed by atoms with E-state index in [1.165, 1.54) is 4.90 Å². The van der Waals surface area contributed by atoms with Gasteiger partial charge in [-0.3, -0.25) is 14.4 Å². The second-order valence-corrected chi connectivity index (χ2v) is 9.73. The summed E-state index contributed by atoms with van der Waals surface area (Å²) in [6.07, 6.45) is 0.442. The van der Waals surface area contributed by atoms with Crippen LogP contribution in [-0.2, 0) is 30.3 Å². The lowest BCUT2D eigenvalue weighted by atomic mass is 9.98. The molecule has 0 fully saturated rings. The molecule has 0 aliphatic rings. The molecule has 0 aliphatic heterocycles. The second-order valence-electron chi connectivity index (χ2n) is 9.73. The predicted octanol–water partition coefficient (Wildman–Crippen LogP) is 2.87. The fraction of sp³-hybridized carbons (Fsp3) is 0.630. The van der Waals surface area contributed by atoms with Gasteiger partial charge in [0.15, 0.2) is 0 Å². The molecule has 10 heteroatoms. The maximum absolute atomic E-state index is 13.7. The Bertz CT molecular complexity index is 896. The lowest BCUT2D eigenvalue weighted by Gasteiger charge is -2.38. The molecule has 0 aromatic heterocycles. The first-order valence-electron chi connectivity index (χ1n) is 12.8. The zero-order chi connectivity index (χ0) is 28.2. The Morgan fingerprint density at radius 3 is 2.16 bits per heavy atom. The summed E-state index contributed by atoms with van der Waals surface area (Å²) in [5, 5.41) is 15.1. The number of carbonyl (C=O) groups is 4. The van der Waals surface area contributed by atoms with Gasteiger partial charge in [0.25, 0.3) is 0 Å². The summed E-state index contributed by atoms with van der Waals surface area (Å²) in [5.41, 5.74) is 0.825. The van der Waals surface area contributed by atoms with E-state index in [1.807, 2.05) is 26.0 Å². The summed E-state index contributed by atoms with van der Waals surface area (Å²) in [4.78, 5) is 52.7. The maximum atomic E-state index is 13.7. The molecule has 0 saturated heterocycles. The van der Waals surface area contributed by atoms with Crippen LogP contribution in [0.4, 0.5) is 4.79 Å². The van der Waals surface area contributed by atoms with Crippen molar-refractivity contribution < 1.29 is 33.8 Å². The Balaban J connectivity index is 3.36. The van der Waals surface area contributed by atoms with Gasteiger partial charge in [0, 0.05) is 12.6 Å². The van der Waals surface area contributed by atoms with Gasteiger partial charge < -0.3 is 30.1 Å². The van der Waals surface area contributed by atoms with Crippen LogP contribution in [0.2, 0.25) is 0 Å². The standard InChI is InChI=1S/C27H43N3O7/c1-8-18(4)30(25(34)21(17-31)29-26(35)37-27(5,6)7)23(20-13-11-19(9-2)12-14-20)24(33)28-16-15-22(32)36-10-3/h11-14,18,21,23,31H,8-10,15-17H2,1-7H3,(H,28,33)(H,29,35). The zero-order valence-corrected chi connectivity index (χ0v) is 23.1. The van der Waals surface area contributed by atoms with Crippen molar-refractivity contribution in [3.63, 3.8) is 0 Å². The number of aliphatic hydroxyl groups excluding tert-OH is 1. The molecule has 0 radical (unpaired) electrons.